The van der Waals surface area contributed by atoms with Crippen LogP contribution in [-0.2, 0) is 0 Å². The van der Waals surface area contributed by atoms with E-state index in [0.29, 0.717) is 6.61 Å². The molecule has 0 radical (unpaired) electrons. The third kappa shape index (κ3) is 2.64. The summed E-state index contributed by atoms with van der Waals surface area (Å²) in [5, 5.41) is 12.7. The van der Waals surface area contributed by atoms with Gasteiger partial charge in [-0.05, 0) is 37.8 Å². The number of hydrogen-bond donors (Lipinski definition) is 2. The predicted octanol–water partition coefficient (Wildman–Crippen LogP) is 0.864. The van der Waals surface area contributed by atoms with E-state index in [1.807, 2.05) is 0 Å². The van der Waals surface area contributed by atoms with E-state index in [1.165, 1.54) is 25.9 Å². The van der Waals surface area contributed by atoms with Crippen LogP contribution in [0.1, 0.15) is 26.2 Å². The lowest BCUT2D eigenvalue weighted by molar-refractivity contribution is 0.0144. The average Bonchev–Trinajstić information content (AvgIpc) is 2.17. The zero-order chi connectivity index (χ0) is 10.0. The lowest BCUT2D eigenvalue weighted by Crippen LogP contribution is -2.59. The Morgan fingerprint density at radius 2 is 1.93 bits per heavy atom. The van der Waals surface area contributed by atoms with E-state index in [0.717, 1.165) is 25.6 Å². The molecule has 2 aliphatic rings. The topological polar surface area (TPSA) is 35.5 Å². The van der Waals surface area contributed by atoms with Gasteiger partial charge in [-0.3, -0.25) is 4.90 Å². The summed E-state index contributed by atoms with van der Waals surface area (Å²) in [4.78, 5) is 2.58. The Morgan fingerprint density at radius 3 is 2.27 bits per heavy atom. The van der Waals surface area contributed by atoms with Gasteiger partial charge in [0.1, 0.15) is 0 Å². The number of likely N-dealkylation sites (tertiary alicyclic amines) is 1. The molecule has 3 nitrogen and oxygen atoms in total. The number of aliphatic hydroxyl groups is 1. The Bertz CT molecular complexity index is 183. The molecule has 2 rings (SSSR count). The summed E-state index contributed by atoms with van der Waals surface area (Å²) in [6.07, 6.45) is 3.48. The molecule has 0 unspecified atom stereocenters. The van der Waals surface area contributed by atoms with Crippen molar-refractivity contribution in [1.29, 1.82) is 0 Å². The molecule has 0 bridgehead atoms. The predicted molar refractivity (Wildman–Crippen MR) is 64.5 cm³/mol. The molecule has 2 heterocycles. The first kappa shape index (κ1) is 13.2. The summed E-state index contributed by atoms with van der Waals surface area (Å²) >= 11 is 0. The highest BCUT2D eigenvalue weighted by atomic mass is 35.5. The van der Waals surface area contributed by atoms with Gasteiger partial charge < -0.3 is 10.4 Å². The standard InChI is InChI=1S/C11H22N2O.ClH/c1-2-11(9-14)3-5-13(6-4-11)10-7-12-8-10;/h10,12,14H,2-9H2,1H3;1H. The van der Waals surface area contributed by atoms with Crippen LogP contribution in [0.5, 0.6) is 0 Å². The fraction of sp³-hybridized carbons (Fsp3) is 1.00. The van der Waals surface area contributed by atoms with Crippen molar-refractivity contribution in [3.05, 3.63) is 0 Å². The van der Waals surface area contributed by atoms with E-state index in [9.17, 15) is 5.11 Å². The Hall–Kier alpha value is 0.170. The summed E-state index contributed by atoms with van der Waals surface area (Å²) in [6, 6.07) is 0.781. The van der Waals surface area contributed by atoms with Gasteiger partial charge in [0, 0.05) is 25.7 Å². The minimum atomic E-state index is 0. The van der Waals surface area contributed by atoms with Crippen LogP contribution in [0.15, 0.2) is 0 Å². The van der Waals surface area contributed by atoms with E-state index in [4.69, 9.17) is 0 Å². The zero-order valence-electron chi connectivity index (χ0n) is 9.54. The van der Waals surface area contributed by atoms with Crippen molar-refractivity contribution >= 4 is 12.4 Å². The molecule has 2 aliphatic heterocycles. The number of nitrogens with zero attached hydrogens (tertiary/aromatic N) is 1. The van der Waals surface area contributed by atoms with E-state index in [-0.39, 0.29) is 17.8 Å². The zero-order valence-corrected chi connectivity index (χ0v) is 10.4. The van der Waals surface area contributed by atoms with E-state index < -0.39 is 0 Å². The van der Waals surface area contributed by atoms with Gasteiger partial charge in [-0.15, -0.1) is 12.4 Å². The fourth-order valence-electron chi connectivity index (χ4n) is 2.52. The van der Waals surface area contributed by atoms with Gasteiger partial charge in [0.2, 0.25) is 0 Å². The van der Waals surface area contributed by atoms with Crippen LogP contribution in [0.4, 0.5) is 0 Å². The van der Waals surface area contributed by atoms with Gasteiger partial charge in [-0.2, -0.15) is 0 Å². The molecule has 0 spiro atoms. The first-order valence-electron chi connectivity index (χ1n) is 5.85. The number of rotatable bonds is 3. The van der Waals surface area contributed by atoms with Crippen LogP contribution < -0.4 is 5.32 Å². The summed E-state index contributed by atoms with van der Waals surface area (Å²) in [7, 11) is 0. The van der Waals surface area contributed by atoms with Gasteiger partial charge in [-0.25, -0.2) is 0 Å². The molecular formula is C11H23ClN2O. The highest BCUT2D eigenvalue weighted by Crippen LogP contribution is 2.34. The van der Waals surface area contributed by atoms with Crippen LogP contribution in [0.25, 0.3) is 0 Å². The lowest BCUT2D eigenvalue weighted by Gasteiger charge is -2.46. The molecule has 2 fully saturated rings. The van der Waals surface area contributed by atoms with Crippen LogP contribution in [0.3, 0.4) is 0 Å². The Morgan fingerprint density at radius 1 is 1.33 bits per heavy atom. The number of hydrogen-bond acceptors (Lipinski definition) is 3. The summed E-state index contributed by atoms with van der Waals surface area (Å²) in [6.45, 7) is 7.27. The molecule has 4 heteroatoms. The Kier molecular flexibility index (Phi) is 4.84. The molecule has 0 aromatic carbocycles. The number of piperidine rings is 1. The van der Waals surface area contributed by atoms with E-state index in [1.54, 1.807) is 0 Å². The second-order valence-electron chi connectivity index (χ2n) is 4.86. The molecule has 0 amide bonds. The summed E-state index contributed by atoms with van der Waals surface area (Å²) in [5.74, 6) is 0. The maximum absolute atomic E-state index is 9.41. The van der Waals surface area contributed by atoms with Crippen LogP contribution in [-0.4, -0.2) is 48.8 Å². The van der Waals surface area contributed by atoms with Crippen LogP contribution in [0, 0.1) is 5.41 Å². The van der Waals surface area contributed by atoms with E-state index >= 15 is 0 Å². The van der Waals surface area contributed by atoms with E-state index in [2.05, 4.69) is 17.1 Å². The van der Waals surface area contributed by atoms with Crippen molar-refractivity contribution in [2.75, 3.05) is 32.8 Å². The number of nitrogens with one attached hydrogen (secondary N) is 1. The van der Waals surface area contributed by atoms with Gasteiger partial charge in [0.25, 0.3) is 0 Å². The normalized spacial score (nSPS) is 26.8. The second-order valence-corrected chi connectivity index (χ2v) is 4.86. The van der Waals surface area contributed by atoms with Gasteiger partial charge in [-0.1, -0.05) is 6.92 Å². The SMILES string of the molecule is CCC1(CO)CCN(C2CNC2)CC1.Cl. The van der Waals surface area contributed by atoms with Crippen LogP contribution >= 0.6 is 12.4 Å². The van der Waals surface area contributed by atoms with Crippen molar-refractivity contribution < 1.29 is 5.11 Å². The lowest BCUT2D eigenvalue weighted by atomic mass is 9.76. The van der Waals surface area contributed by atoms with Gasteiger partial charge in [0.15, 0.2) is 0 Å². The van der Waals surface area contributed by atoms with Crippen LogP contribution in [0.2, 0.25) is 0 Å². The molecule has 0 aromatic heterocycles. The molecular weight excluding hydrogens is 212 g/mol. The molecule has 0 aromatic rings. The molecule has 15 heavy (non-hydrogen) atoms. The first-order chi connectivity index (χ1) is 6.79. The number of aliphatic hydroxyl groups excluding tert-OH is 1. The average molecular weight is 235 g/mol. The largest absolute Gasteiger partial charge is 0.396 e. The van der Waals surface area contributed by atoms with Gasteiger partial charge in [0.05, 0.1) is 0 Å². The summed E-state index contributed by atoms with van der Waals surface area (Å²) in [5.41, 5.74) is 0.244. The monoisotopic (exact) mass is 234 g/mol. The quantitative estimate of drug-likeness (QED) is 0.761. The third-order valence-corrected chi connectivity index (χ3v) is 4.22. The van der Waals surface area contributed by atoms with Crippen molar-refractivity contribution in [2.45, 2.75) is 32.2 Å². The van der Waals surface area contributed by atoms with Crippen molar-refractivity contribution in [1.82, 2.24) is 10.2 Å². The highest BCUT2D eigenvalue weighted by molar-refractivity contribution is 5.85. The van der Waals surface area contributed by atoms with Crippen molar-refractivity contribution in [2.24, 2.45) is 5.41 Å². The number of halogens is 1. The molecule has 0 saturated carbocycles. The van der Waals surface area contributed by atoms with Gasteiger partial charge >= 0.3 is 0 Å². The Labute approximate surface area is 98.6 Å². The second kappa shape index (κ2) is 5.48. The molecule has 90 valence electrons. The fourth-order valence-corrected chi connectivity index (χ4v) is 2.52. The van der Waals surface area contributed by atoms with Crippen molar-refractivity contribution in [3.63, 3.8) is 0 Å². The minimum Gasteiger partial charge on any atom is -0.396 e. The third-order valence-electron chi connectivity index (χ3n) is 4.22. The molecule has 2 saturated heterocycles. The Balaban J connectivity index is 0.00000112. The maximum Gasteiger partial charge on any atom is 0.0488 e. The summed E-state index contributed by atoms with van der Waals surface area (Å²) < 4.78 is 0. The molecule has 2 N–H and O–H groups in total. The smallest absolute Gasteiger partial charge is 0.0488 e. The first-order valence-corrected chi connectivity index (χ1v) is 5.85. The highest BCUT2D eigenvalue weighted by Gasteiger charge is 2.35. The van der Waals surface area contributed by atoms with Crippen molar-refractivity contribution in [3.8, 4) is 0 Å². The molecule has 0 atom stereocenters. The molecule has 0 aliphatic carbocycles. The maximum atomic E-state index is 9.41. The minimum absolute atomic E-state index is 0.